The van der Waals surface area contributed by atoms with Crippen molar-refractivity contribution < 1.29 is 14.0 Å². The first-order valence-electron chi connectivity index (χ1n) is 13.7. The van der Waals surface area contributed by atoms with Gasteiger partial charge in [0.1, 0.15) is 17.3 Å². The molecule has 5 aromatic rings. The molecule has 0 saturated heterocycles. The zero-order chi connectivity index (χ0) is 30.8. The van der Waals surface area contributed by atoms with Crippen LogP contribution < -0.4 is 21.5 Å². The first-order valence-corrected chi connectivity index (χ1v) is 13.7. The van der Waals surface area contributed by atoms with Gasteiger partial charge in [-0.1, -0.05) is 6.07 Å². The summed E-state index contributed by atoms with van der Waals surface area (Å²) < 4.78 is 17.3. The van der Waals surface area contributed by atoms with Crippen LogP contribution in [-0.2, 0) is 11.3 Å². The second-order valence-electron chi connectivity index (χ2n) is 10.4. The van der Waals surface area contributed by atoms with Gasteiger partial charge in [-0.3, -0.25) is 23.9 Å². The fourth-order valence-electron chi connectivity index (χ4n) is 4.92. The van der Waals surface area contributed by atoms with Crippen molar-refractivity contribution in [2.75, 3.05) is 19.4 Å². The van der Waals surface area contributed by atoms with Gasteiger partial charge in [-0.15, -0.1) is 0 Å². The fraction of sp³-hybridized carbons (Fsp3) is 0.219. The molecule has 3 aromatic heterocycles. The fourth-order valence-corrected chi connectivity index (χ4v) is 4.92. The lowest BCUT2D eigenvalue weighted by atomic mass is 10.0. The summed E-state index contributed by atoms with van der Waals surface area (Å²) in [5.41, 5.74) is 4.53. The highest BCUT2D eigenvalue weighted by molar-refractivity contribution is 5.96. The largest absolute Gasteiger partial charge is 0.355 e. The minimum atomic E-state index is -0.534. The summed E-state index contributed by atoms with van der Waals surface area (Å²) in [5, 5.41) is 8.94. The Hall–Kier alpha value is -5.16. The van der Waals surface area contributed by atoms with Gasteiger partial charge in [0.25, 0.3) is 11.5 Å². The van der Waals surface area contributed by atoms with Crippen LogP contribution in [0.4, 0.5) is 10.1 Å². The maximum Gasteiger partial charge on any atom is 0.277 e. The number of pyridine rings is 1. The molecule has 0 unspecified atom stereocenters. The van der Waals surface area contributed by atoms with Crippen molar-refractivity contribution in [2.24, 2.45) is 0 Å². The van der Waals surface area contributed by atoms with Crippen molar-refractivity contribution in [3.63, 3.8) is 0 Å². The molecule has 43 heavy (non-hydrogen) atoms. The van der Waals surface area contributed by atoms with Gasteiger partial charge in [-0.25, -0.2) is 9.37 Å². The Morgan fingerprint density at radius 2 is 1.79 bits per heavy atom. The number of aryl methyl sites for hydroxylation is 2. The van der Waals surface area contributed by atoms with Gasteiger partial charge in [-0.2, -0.15) is 0 Å². The lowest BCUT2D eigenvalue weighted by molar-refractivity contribution is -0.117. The summed E-state index contributed by atoms with van der Waals surface area (Å²) in [7, 11) is 3.20. The van der Waals surface area contributed by atoms with Crippen LogP contribution in [0.15, 0.2) is 72.0 Å². The van der Waals surface area contributed by atoms with E-state index in [4.69, 9.17) is 0 Å². The number of anilines is 1. The van der Waals surface area contributed by atoms with E-state index in [0.29, 0.717) is 22.5 Å². The van der Waals surface area contributed by atoms with E-state index in [1.54, 1.807) is 57.7 Å². The summed E-state index contributed by atoms with van der Waals surface area (Å²) in [6, 6.07) is 11.2. The number of aromatic nitrogens is 4. The molecule has 0 saturated carbocycles. The molecule has 0 aliphatic heterocycles. The third kappa shape index (κ3) is 5.80. The quantitative estimate of drug-likeness (QED) is 0.255. The molecule has 0 fully saturated rings. The highest BCUT2D eigenvalue weighted by Gasteiger charge is 2.19. The molecule has 3 N–H and O–H groups in total. The second-order valence-corrected chi connectivity index (χ2v) is 10.4. The lowest BCUT2D eigenvalue weighted by Crippen LogP contribution is -2.38. The summed E-state index contributed by atoms with van der Waals surface area (Å²) in [6.45, 7) is 5.54. The van der Waals surface area contributed by atoms with Gasteiger partial charge >= 0.3 is 0 Å². The summed E-state index contributed by atoms with van der Waals surface area (Å²) in [5.74, 6) is -0.637. The highest BCUT2D eigenvalue weighted by atomic mass is 19.1. The molecular formula is C32H32FN7O3. The minimum Gasteiger partial charge on any atom is -0.355 e. The van der Waals surface area contributed by atoms with Crippen molar-refractivity contribution in [2.45, 2.75) is 33.4 Å². The van der Waals surface area contributed by atoms with E-state index < -0.39 is 11.6 Å². The Kier molecular flexibility index (Phi) is 8.18. The number of fused-ring (bicyclic) bond motifs is 1. The van der Waals surface area contributed by atoms with Crippen LogP contribution in [0.1, 0.15) is 34.0 Å². The molecule has 0 spiro atoms. The number of halogens is 1. The number of nitrogens with zero attached hydrogens (tertiary/aromatic N) is 4. The summed E-state index contributed by atoms with van der Waals surface area (Å²) in [4.78, 5) is 48.0. The van der Waals surface area contributed by atoms with Gasteiger partial charge in [0.05, 0.1) is 36.2 Å². The van der Waals surface area contributed by atoms with Gasteiger partial charge in [0, 0.05) is 36.0 Å². The van der Waals surface area contributed by atoms with Gasteiger partial charge < -0.3 is 20.5 Å². The maximum atomic E-state index is 13.9. The Bertz CT molecular complexity index is 1930. The number of hydrogen-bond acceptors (Lipinski definition) is 6. The molecule has 1 atom stereocenters. The number of carbonyl (C=O) groups excluding carboxylic acids is 2. The molecule has 2 aromatic carbocycles. The molecule has 5 rings (SSSR count). The smallest absolute Gasteiger partial charge is 0.277 e. The monoisotopic (exact) mass is 581 g/mol. The average Bonchev–Trinajstić information content (AvgIpc) is 3.34. The Balaban J connectivity index is 1.63. The third-order valence-corrected chi connectivity index (χ3v) is 7.46. The van der Waals surface area contributed by atoms with Crippen molar-refractivity contribution in [1.29, 1.82) is 0 Å². The van der Waals surface area contributed by atoms with E-state index in [0.717, 1.165) is 27.7 Å². The Morgan fingerprint density at radius 1 is 1.00 bits per heavy atom. The van der Waals surface area contributed by atoms with Crippen molar-refractivity contribution >= 4 is 28.4 Å². The Labute approximate surface area is 247 Å². The van der Waals surface area contributed by atoms with Crippen LogP contribution in [0.2, 0.25) is 0 Å². The van der Waals surface area contributed by atoms with Crippen LogP contribution in [0.3, 0.4) is 0 Å². The molecule has 0 bridgehead atoms. The predicted molar refractivity (Wildman–Crippen MR) is 164 cm³/mol. The van der Waals surface area contributed by atoms with Crippen molar-refractivity contribution in [1.82, 2.24) is 29.7 Å². The number of amides is 2. The van der Waals surface area contributed by atoms with E-state index in [2.05, 4.69) is 25.9 Å². The zero-order valence-corrected chi connectivity index (χ0v) is 24.5. The molecule has 0 aliphatic carbocycles. The van der Waals surface area contributed by atoms with Gasteiger partial charge in [-0.05, 0) is 80.9 Å². The SMILES string of the molecule is CNC(=O)c1ccc(C)c(-c2ncc(NC(=O)[C@H](C)NC)c(=O)n2Cc2cncc(-n3cc(C)c4cc(F)ccc43)c2)c1. The first kappa shape index (κ1) is 29.3. The van der Waals surface area contributed by atoms with Crippen LogP contribution in [-0.4, -0.2) is 51.1 Å². The second kappa shape index (κ2) is 12.0. The van der Waals surface area contributed by atoms with Crippen molar-refractivity contribution in [3.8, 4) is 17.1 Å². The Morgan fingerprint density at radius 3 is 2.53 bits per heavy atom. The highest BCUT2D eigenvalue weighted by Crippen LogP contribution is 2.27. The van der Waals surface area contributed by atoms with Crippen LogP contribution >= 0.6 is 0 Å². The molecule has 0 radical (unpaired) electrons. The number of nitrogens with one attached hydrogen (secondary N) is 3. The van der Waals surface area contributed by atoms with Crippen LogP contribution in [0.25, 0.3) is 28.0 Å². The predicted octanol–water partition coefficient (Wildman–Crippen LogP) is 3.96. The van der Waals surface area contributed by atoms with Gasteiger partial charge in [0.2, 0.25) is 5.91 Å². The van der Waals surface area contributed by atoms with Gasteiger partial charge in [0.15, 0.2) is 0 Å². The standard InChI is InChI=1S/C32H32FN7O3/c1-18-6-7-22(31(42)35-5)11-26(18)29-37-15-27(38-30(41)20(3)34-4)32(43)40(29)17-21-10-24(14-36-13-21)39-16-19(2)25-12-23(33)8-9-28(25)39/h6-16,20,34H,17H2,1-5H3,(H,35,42)(H,38,41)/t20-/m0/s1. The molecule has 2 amide bonds. The van der Waals surface area contributed by atoms with Crippen LogP contribution in [0, 0.1) is 19.7 Å². The van der Waals surface area contributed by atoms with Crippen molar-refractivity contribution in [3.05, 3.63) is 106 Å². The molecule has 220 valence electrons. The number of carbonyl (C=O) groups is 2. The number of benzene rings is 2. The third-order valence-electron chi connectivity index (χ3n) is 7.46. The average molecular weight is 582 g/mol. The number of rotatable bonds is 8. The van der Waals surface area contributed by atoms with E-state index in [9.17, 15) is 18.8 Å². The lowest BCUT2D eigenvalue weighted by Gasteiger charge is -2.17. The topological polar surface area (TPSA) is 123 Å². The normalized spacial score (nSPS) is 11.9. The number of likely N-dealkylation sites (N-methyl/N-ethyl adjacent to an activating group) is 1. The maximum absolute atomic E-state index is 13.9. The molecule has 10 nitrogen and oxygen atoms in total. The zero-order valence-electron chi connectivity index (χ0n) is 24.5. The minimum absolute atomic E-state index is 0.0223. The van der Waals surface area contributed by atoms with E-state index >= 15 is 0 Å². The molecule has 0 aliphatic rings. The first-order chi connectivity index (χ1) is 20.6. The molecule has 11 heteroatoms. The molecule has 3 heterocycles. The van der Waals surface area contributed by atoms with E-state index in [-0.39, 0.29) is 29.9 Å². The number of hydrogen-bond donors (Lipinski definition) is 3. The van der Waals surface area contributed by atoms with E-state index in [1.807, 2.05) is 30.7 Å². The van der Waals surface area contributed by atoms with Crippen LogP contribution in [0.5, 0.6) is 0 Å². The molecular weight excluding hydrogens is 549 g/mol. The summed E-state index contributed by atoms with van der Waals surface area (Å²) in [6.07, 6.45) is 6.60. The summed E-state index contributed by atoms with van der Waals surface area (Å²) >= 11 is 0. The van der Waals surface area contributed by atoms with E-state index in [1.165, 1.54) is 22.9 Å².